The molecule has 0 saturated heterocycles. The van der Waals surface area contributed by atoms with Crippen molar-refractivity contribution in [2.45, 2.75) is 57.0 Å². The van der Waals surface area contributed by atoms with E-state index in [9.17, 15) is 13.2 Å². The standard InChI is InChI=1S/C27H31NO4S/c1-4-5-14-26(29)32-21(3)27(22-10-7-6-8-11-22)23-12-9-13-25(19-23)33(30,31)28-24-17-15-20(2)16-18-24/h6-13,15-19,21,27-28H,4-5,14H2,1-3H3. The topological polar surface area (TPSA) is 72.5 Å². The number of carbonyl (C=O) groups is 1. The lowest BCUT2D eigenvalue weighted by Crippen LogP contribution is -2.24. The zero-order valence-electron chi connectivity index (χ0n) is 19.3. The summed E-state index contributed by atoms with van der Waals surface area (Å²) in [4.78, 5) is 12.5. The molecule has 1 N–H and O–H groups in total. The fourth-order valence-corrected chi connectivity index (χ4v) is 4.87. The summed E-state index contributed by atoms with van der Waals surface area (Å²) in [5.74, 6) is -0.540. The number of anilines is 1. The molecular formula is C27H31NO4S. The summed E-state index contributed by atoms with van der Waals surface area (Å²) in [6.07, 6.45) is 1.61. The van der Waals surface area contributed by atoms with E-state index in [-0.39, 0.29) is 16.8 Å². The average molecular weight is 466 g/mol. The monoisotopic (exact) mass is 465 g/mol. The Bertz CT molecular complexity index is 1160. The van der Waals surface area contributed by atoms with Gasteiger partial charge >= 0.3 is 5.97 Å². The van der Waals surface area contributed by atoms with Crippen molar-refractivity contribution in [3.05, 3.63) is 95.6 Å². The first-order chi connectivity index (χ1) is 15.8. The molecule has 5 nitrogen and oxygen atoms in total. The van der Waals surface area contributed by atoms with Gasteiger partial charge in [-0.25, -0.2) is 8.42 Å². The van der Waals surface area contributed by atoms with Gasteiger partial charge in [0.1, 0.15) is 6.10 Å². The third-order valence-electron chi connectivity index (χ3n) is 5.51. The maximum absolute atomic E-state index is 13.1. The molecule has 0 aromatic heterocycles. The number of hydrogen-bond acceptors (Lipinski definition) is 4. The normalized spacial score (nSPS) is 13.2. The van der Waals surface area contributed by atoms with Crippen molar-refractivity contribution in [3.8, 4) is 0 Å². The van der Waals surface area contributed by atoms with E-state index < -0.39 is 16.1 Å². The lowest BCUT2D eigenvalue weighted by molar-refractivity contribution is -0.148. The second-order valence-electron chi connectivity index (χ2n) is 8.23. The Kier molecular flexibility index (Phi) is 8.28. The molecule has 0 bridgehead atoms. The van der Waals surface area contributed by atoms with Crippen LogP contribution in [0.25, 0.3) is 0 Å². The molecule has 3 aromatic carbocycles. The first-order valence-electron chi connectivity index (χ1n) is 11.2. The number of benzene rings is 3. The van der Waals surface area contributed by atoms with Crippen molar-refractivity contribution in [1.82, 2.24) is 0 Å². The number of nitrogens with one attached hydrogen (secondary N) is 1. The van der Waals surface area contributed by atoms with Crippen LogP contribution >= 0.6 is 0 Å². The maximum atomic E-state index is 13.1. The van der Waals surface area contributed by atoms with Crippen LogP contribution in [0.1, 0.15) is 55.7 Å². The Labute approximate surface area is 196 Å². The van der Waals surface area contributed by atoms with Crippen LogP contribution in [0.2, 0.25) is 0 Å². The third kappa shape index (κ3) is 6.68. The minimum absolute atomic E-state index is 0.158. The van der Waals surface area contributed by atoms with E-state index in [1.807, 2.05) is 69.3 Å². The molecule has 0 saturated carbocycles. The summed E-state index contributed by atoms with van der Waals surface area (Å²) in [7, 11) is -3.78. The van der Waals surface area contributed by atoms with E-state index in [1.54, 1.807) is 30.3 Å². The van der Waals surface area contributed by atoms with Crippen molar-refractivity contribution in [3.63, 3.8) is 0 Å². The summed E-state index contributed by atoms with van der Waals surface area (Å²) in [6.45, 7) is 5.83. The minimum atomic E-state index is -3.78. The van der Waals surface area contributed by atoms with Crippen LogP contribution in [0.5, 0.6) is 0 Å². The Morgan fingerprint density at radius 3 is 2.27 bits per heavy atom. The van der Waals surface area contributed by atoms with E-state index in [4.69, 9.17) is 4.74 Å². The van der Waals surface area contributed by atoms with Gasteiger partial charge in [-0.1, -0.05) is 73.5 Å². The van der Waals surface area contributed by atoms with Crippen molar-refractivity contribution < 1.29 is 17.9 Å². The Morgan fingerprint density at radius 2 is 1.61 bits per heavy atom. The van der Waals surface area contributed by atoms with Crippen molar-refractivity contribution in [2.75, 3.05) is 4.72 Å². The highest BCUT2D eigenvalue weighted by Crippen LogP contribution is 2.32. The van der Waals surface area contributed by atoms with Gasteiger partial charge in [-0.15, -0.1) is 0 Å². The highest BCUT2D eigenvalue weighted by molar-refractivity contribution is 7.92. The maximum Gasteiger partial charge on any atom is 0.306 e. The van der Waals surface area contributed by atoms with E-state index in [0.29, 0.717) is 12.1 Å². The first-order valence-corrected chi connectivity index (χ1v) is 12.7. The zero-order valence-corrected chi connectivity index (χ0v) is 20.1. The summed E-state index contributed by atoms with van der Waals surface area (Å²) in [6, 6.07) is 23.7. The Morgan fingerprint density at radius 1 is 0.939 bits per heavy atom. The van der Waals surface area contributed by atoms with E-state index in [0.717, 1.165) is 29.5 Å². The van der Waals surface area contributed by atoms with Gasteiger partial charge in [-0.3, -0.25) is 9.52 Å². The molecule has 0 aliphatic heterocycles. The summed E-state index contributed by atoms with van der Waals surface area (Å²) in [5.41, 5.74) is 3.27. The van der Waals surface area contributed by atoms with Gasteiger partial charge in [-0.05, 0) is 55.7 Å². The summed E-state index contributed by atoms with van der Waals surface area (Å²) >= 11 is 0. The fraction of sp³-hybridized carbons (Fsp3) is 0.296. The van der Waals surface area contributed by atoms with Crippen LogP contribution < -0.4 is 4.72 Å². The molecule has 0 heterocycles. The summed E-state index contributed by atoms with van der Waals surface area (Å²) < 4.78 is 34.5. The molecule has 174 valence electrons. The molecule has 2 atom stereocenters. The first kappa shape index (κ1) is 24.5. The number of carbonyl (C=O) groups excluding carboxylic acids is 1. The molecule has 0 radical (unpaired) electrons. The van der Waals surface area contributed by atoms with E-state index >= 15 is 0 Å². The van der Waals surface area contributed by atoms with Crippen LogP contribution in [0, 0.1) is 6.92 Å². The lowest BCUT2D eigenvalue weighted by Gasteiger charge is -2.25. The highest BCUT2D eigenvalue weighted by atomic mass is 32.2. The van der Waals surface area contributed by atoms with Gasteiger partial charge in [0.25, 0.3) is 10.0 Å². The van der Waals surface area contributed by atoms with Gasteiger partial charge in [0.05, 0.1) is 4.90 Å². The van der Waals surface area contributed by atoms with Gasteiger partial charge in [0.15, 0.2) is 0 Å². The highest BCUT2D eigenvalue weighted by Gasteiger charge is 2.26. The zero-order chi connectivity index (χ0) is 23.8. The van der Waals surface area contributed by atoms with Gasteiger partial charge in [0.2, 0.25) is 0 Å². The van der Waals surface area contributed by atoms with Crippen molar-refractivity contribution in [1.29, 1.82) is 0 Å². The molecule has 6 heteroatoms. The predicted molar refractivity (Wildman–Crippen MR) is 132 cm³/mol. The van der Waals surface area contributed by atoms with Crippen LogP contribution in [0.4, 0.5) is 5.69 Å². The quantitative estimate of drug-likeness (QED) is 0.370. The number of esters is 1. The van der Waals surface area contributed by atoms with Gasteiger partial charge in [0, 0.05) is 18.0 Å². The Balaban J connectivity index is 1.92. The second kappa shape index (κ2) is 11.1. The van der Waals surface area contributed by atoms with Crippen molar-refractivity contribution in [2.24, 2.45) is 0 Å². The molecule has 0 aliphatic rings. The van der Waals surface area contributed by atoms with Crippen LogP contribution in [-0.4, -0.2) is 20.5 Å². The molecule has 0 aliphatic carbocycles. The predicted octanol–water partition coefficient (Wildman–Crippen LogP) is 6.05. The smallest absolute Gasteiger partial charge is 0.306 e. The fourth-order valence-electron chi connectivity index (χ4n) is 3.76. The molecule has 3 aromatic rings. The number of aryl methyl sites for hydroxylation is 1. The molecule has 3 rings (SSSR count). The van der Waals surface area contributed by atoms with E-state index in [1.165, 1.54) is 0 Å². The van der Waals surface area contributed by atoms with Crippen LogP contribution in [0.15, 0.2) is 83.8 Å². The molecule has 0 fully saturated rings. The van der Waals surface area contributed by atoms with Gasteiger partial charge < -0.3 is 4.74 Å². The number of ether oxygens (including phenoxy) is 1. The van der Waals surface area contributed by atoms with Crippen molar-refractivity contribution >= 4 is 21.7 Å². The second-order valence-corrected chi connectivity index (χ2v) is 9.91. The number of unbranched alkanes of at least 4 members (excludes halogenated alkanes) is 1. The number of rotatable bonds is 10. The van der Waals surface area contributed by atoms with E-state index in [2.05, 4.69) is 4.72 Å². The molecule has 0 amide bonds. The molecular weight excluding hydrogens is 434 g/mol. The lowest BCUT2D eigenvalue weighted by atomic mass is 9.87. The molecule has 33 heavy (non-hydrogen) atoms. The minimum Gasteiger partial charge on any atom is -0.462 e. The Hall–Kier alpha value is -3.12. The van der Waals surface area contributed by atoms with Gasteiger partial charge in [-0.2, -0.15) is 0 Å². The molecule has 2 unspecified atom stereocenters. The van der Waals surface area contributed by atoms with Crippen LogP contribution in [-0.2, 0) is 19.6 Å². The summed E-state index contributed by atoms with van der Waals surface area (Å²) in [5, 5.41) is 0. The number of hydrogen-bond donors (Lipinski definition) is 1. The third-order valence-corrected chi connectivity index (χ3v) is 6.89. The average Bonchev–Trinajstić information content (AvgIpc) is 2.80. The SMILES string of the molecule is CCCCC(=O)OC(C)C(c1ccccc1)c1cccc(S(=O)(=O)Nc2ccc(C)cc2)c1. The molecule has 0 spiro atoms. The van der Waals surface area contributed by atoms with Crippen LogP contribution in [0.3, 0.4) is 0 Å². The largest absolute Gasteiger partial charge is 0.462 e. The number of sulfonamides is 1.